The Bertz CT molecular complexity index is 764. The van der Waals surface area contributed by atoms with Crippen LogP contribution in [-0.2, 0) is 13.6 Å². The standard InChI is InChI=1S/C19H29N7O.HI/c1-4-20-19(21-12-18-22-14-23-25(18)2)24-15-7-6-10-26(13-15)16-8-5-9-17(11-16)27-3;/h5,8-9,11,14-15H,4,6-7,10,12-13H2,1-3H3,(H2,20,21,24);1H. The van der Waals surface area contributed by atoms with Gasteiger partial charge in [0.25, 0.3) is 0 Å². The van der Waals surface area contributed by atoms with E-state index in [2.05, 4.69) is 49.7 Å². The molecule has 1 aliphatic rings. The Morgan fingerprint density at radius 1 is 1.39 bits per heavy atom. The number of hydrogen-bond donors (Lipinski definition) is 2. The molecule has 3 rings (SSSR count). The second-order valence-corrected chi connectivity index (χ2v) is 6.63. The van der Waals surface area contributed by atoms with E-state index in [4.69, 9.17) is 4.74 Å². The number of guanidine groups is 1. The van der Waals surface area contributed by atoms with Crippen molar-refractivity contribution < 1.29 is 4.74 Å². The van der Waals surface area contributed by atoms with Gasteiger partial charge in [-0.15, -0.1) is 24.0 Å². The maximum absolute atomic E-state index is 5.36. The first-order valence-corrected chi connectivity index (χ1v) is 9.46. The van der Waals surface area contributed by atoms with E-state index >= 15 is 0 Å². The van der Waals surface area contributed by atoms with Gasteiger partial charge in [-0.1, -0.05) is 6.07 Å². The van der Waals surface area contributed by atoms with E-state index in [1.165, 1.54) is 5.69 Å². The first-order chi connectivity index (χ1) is 13.2. The van der Waals surface area contributed by atoms with Crippen molar-refractivity contribution in [2.45, 2.75) is 32.4 Å². The van der Waals surface area contributed by atoms with Gasteiger partial charge in [0.1, 0.15) is 24.4 Å². The summed E-state index contributed by atoms with van der Waals surface area (Å²) in [5.41, 5.74) is 1.20. The fourth-order valence-corrected chi connectivity index (χ4v) is 3.26. The van der Waals surface area contributed by atoms with Crippen molar-refractivity contribution in [1.82, 2.24) is 25.4 Å². The molecule has 0 saturated carbocycles. The highest BCUT2D eigenvalue weighted by Gasteiger charge is 2.21. The summed E-state index contributed by atoms with van der Waals surface area (Å²) in [6.45, 7) is 5.37. The summed E-state index contributed by atoms with van der Waals surface area (Å²) in [6.07, 6.45) is 3.81. The number of halogens is 1. The molecule has 1 aromatic carbocycles. The smallest absolute Gasteiger partial charge is 0.191 e. The quantitative estimate of drug-likeness (QED) is 0.361. The fourth-order valence-electron chi connectivity index (χ4n) is 3.26. The van der Waals surface area contributed by atoms with Gasteiger partial charge in [0.05, 0.1) is 7.11 Å². The van der Waals surface area contributed by atoms with E-state index in [0.717, 1.165) is 50.0 Å². The van der Waals surface area contributed by atoms with E-state index < -0.39 is 0 Å². The third-order valence-electron chi connectivity index (χ3n) is 4.71. The Kier molecular flexibility index (Phi) is 8.81. The number of benzene rings is 1. The molecular formula is C19H30IN7O. The van der Waals surface area contributed by atoms with Gasteiger partial charge in [0.2, 0.25) is 0 Å². The predicted octanol–water partition coefficient (Wildman–Crippen LogP) is 2.17. The van der Waals surface area contributed by atoms with E-state index in [1.807, 2.05) is 19.2 Å². The molecule has 28 heavy (non-hydrogen) atoms. The lowest BCUT2D eigenvalue weighted by atomic mass is 10.0. The van der Waals surface area contributed by atoms with Crippen molar-refractivity contribution in [3.05, 3.63) is 36.4 Å². The van der Waals surface area contributed by atoms with Crippen LogP contribution in [0.15, 0.2) is 35.6 Å². The molecule has 0 radical (unpaired) electrons. The van der Waals surface area contributed by atoms with Crippen LogP contribution in [-0.4, -0.2) is 53.5 Å². The molecule has 2 N–H and O–H groups in total. The lowest BCUT2D eigenvalue weighted by Gasteiger charge is -2.35. The highest BCUT2D eigenvalue weighted by molar-refractivity contribution is 14.0. The molecule has 0 spiro atoms. The summed E-state index contributed by atoms with van der Waals surface area (Å²) in [6, 6.07) is 8.58. The van der Waals surface area contributed by atoms with Crippen LogP contribution in [0.4, 0.5) is 5.69 Å². The molecule has 1 unspecified atom stereocenters. The number of nitrogens with zero attached hydrogens (tertiary/aromatic N) is 5. The fraction of sp³-hybridized carbons (Fsp3) is 0.526. The minimum absolute atomic E-state index is 0. The van der Waals surface area contributed by atoms with Crippen LogP contribution in [0.5, 0.6) is 5.75 Å². The van der Waals surface area contributed by atoms with Crippen LogP contribution in [0.25, 0.3) is 0 Å². The highest BCUT2D eigenvalue weighted by atomic mass is 127. The van der Waals surface area contributed by atoms with E-state index in [1.54, 1.807) is 18.1 Å². The summed E-state index contributed by atoms with van der Waals surface area (Å²) in [7, 11) is 3.58. The van der Waals surface area contributed by atoms with Crippen LogP contribution >= 0.6 is 24.0 Å². The third kappa shape index (κ3) is 5.98. The Morgan fingerprint density at radius 3 is 2.96 bits per heavy atom. The molecule has 0 bridgehead atoms. The highest BCUT2D eigenvalue weighted by Crippen LogP contribution is 2.24. The number of hydrogen-bond acceptors (Lipinski definition) is 5. The maximum atomic E-state index is 5.36. The SMILES string of the molecule is CCNC(=NCc1ncnn1C)NC1CCCN(c2cccc(OC)c2)C1.I. The monoisotopic (exact) mass is 499 g/mol. The first kappa shape index (κ1) is 22.3. The summed E-state index contributed by atoms with van der Waals surface area (Å²) < 4.78 is 7.11. The Hall–Kier alpha value is -2.04. The van der Waals surface area contributed by atoms with Gasteiger partial charge in [-0.05, 0) is 31.9 Å². The molecule has 0 aliphatic carbocycles. The predicted molar refractivity (Wildman–Crippen MR) is 123 cm³/mol. The number of aliphatic imine (C=N–C) groups is 1. The first-order valence-electron chi connectivity index (χ1n) is 9.46. The molecule has 1 atom stereocenters. The molecule has 9 heteroatoms. The summed E-state index contributed by atoms with van der Waals surface area (Å²) in [5, 5.41) is 11.0. The van der Waals surface area contributed by atoms with Crippen LogP contribution in [0.1, 0.15) is 25.6 Å². The van der Waals surface area contributed by atoms with Crippen LogP contribution < -0.4 is 20.3 Å². The average Bonchev–Trinajstić information content (AvgIpc) is 3.11. The zero-order valence-electron chi connectivity index (χ0n) is 16.8. The Balaban J connectivity index is 0.00000280. The van der Waals surface area contributed by atoms with E-state index in [0.29, 0.717) is 12.6 Å². The molecule has 8 nitrogen and oxygen atoms in total. The van der Waals surface area contributed by atoms with Gasteiger partial charge in [0, 0.05) is 44.5 Å². The number of aromatic nitrogens is 3. The Morgan fingerprint density at radius 2 is 2.25 bits per heavy atom. The van der Waals surface area contributed by atoms with Crippen molar-refractivity contribution in [3.63, 3.8) is 0 Å². The van der Waals surface area contributed by atoms with E-state index in [-0.39, 0.29) is 24.0 Å². The lowest BCUT2D eigenvalue weighted by molar-refractivity contribution is 0.414. The van der Waals surface area contributed by atoms with Gasteiger partial charge >= 0.3 is 0 Å². The lowest BCUT2D eigenvalue weighted by Crippen LogP contribution is -2.51. The zero-order chi connectivity index (χ0) is 19.1. The molecule has 1 fully saturated rings. The van der Waals surface area contributed by atoms with Gasteiger partial charge in [0.15, 0.2) is 5.96 Å². The largest absolute Gasteiger partial charge is 0.497 e. The summed E-state index contributed by atoms with van der Waals surface area (Å²) >= 11 is 0. The molecule has 0 amide bonds. The summed E-state index contributed by atoms with van der Waals surface area (Å²) in [4.78, 5) is 11.3. The molecule has 2 aromatic rings. The number of nitrogens with one attached hydrogen (secondary N) is 2. The molecule has 1 aromatic heterocycles. The maximum Gasteiger partial charge on any atom is 0.191 e. The zero-order valence-corrected chi connectivity index (χ0v) is 19.1. The number of ether oxygens (including phenoxy) is 1. The van der Waals surface area contributed by atoms with Crippen molar-refractivity contribution in [2.24, 2.45) is 12.0 Å². The topological polar surface area (TPSA) is 79.6 Å². The number of piperidine rings is 1. The van der Waals surface area contributed by atoms with Crippen LogP contribution in [0.2, 0.25) is 0 Å². The Labute approximate surface area is 183 Å². The van der Waals surface area contributed by atoms with Crippen LogP contribution in [0, 0.1) is 0 Å². The van der Waals surface area contributed by atoms with E-state index in [9.17, 15) is 0 Å². The number of methoxy groups -OCH3 is 1. The number of anilines is 1. The molecule has 154 valence electrons. The molecule has 1 saturated heterocycles. The average molecular weight is 499 g/mol. The van der Waals surface area contributed by atoms with Crippen molar-refractivity contribution in [3.8, 4) is 5.75 Å². The number of aryl methyl sites for hydroxylation is 1. The number of rotatable bonds is 6. The second-order valence-electron chi connectivity index (χ2n) is 6.63. The molecule has 1 aliphatic heterocycles. The van der Waals surface area contributed by atoms with Gasteiger partial charge in [-0.25, -0.2) is 9.98 Å². The normalized spacial score (nSPS) is 17.0. The summed E-state index contributed by atoms with van der Waals surface area (Å²) in [5.74, 6) is 2.55. The van der Waals surface area contributed by atoms with Gasteiger partial charge in [-0.2, -0.15) is 5.10 Å². The molecule has 2 heterocycles. The van der Waals surface area contributed by atoms with Crippen molar-refractivity contribution in [1.29, 1.82) is 0 Å². The van der Waals surface area contributed by atoms with Crippen LogP contribution in [0.3, 0.4) is 0 Å². The second kappa shape index (κ2) is 11.1. The third-order valence-corrected chi connectivity index (χ3v) is 4.71. The molecular weight excluding hydrogens is 469 g/mol. The van der Waals surface area contributed by atoms with Crippen molar-refractivity contribution in [2.75, 3.05) is 31.6 Å². The minimum Gasteiger partial charge on any atom is -0.497 e. The minimum atomic E-state index is 0. The van der Waals surface area contributed by atoms with Gasteiger partial charge < -0.3 is 20.3 Å². The van der Waals surface area contributed by atoms with Gasteiger partial charge in [-0.3, -0.25) is 4.68 Å². The van der Waals surface area contributed by atoms with Crippen molar-refractivity contribution >= 4 is 35.6 Å².